The van der Waals surface area contributed by atoms with E-state index in [1.54, 1.807) is 13.8 Å². The third-order valence-corrected chi connectivity index (χ3v) is 9.56. The summed E-state index contributed by atoms with van der Waals surface area (Å²) in [5, 5.41) is 0. The van der Waals surface area contributed by atoms with Crippen LogP contribution in [0.4, 0.5) is 0 Å². The van der Waals surface area contributed by atoms with Gasteiger partial charge in [-0.05, 0) is 13.8 Å². The van der Waals surface area contributed by atoms with Crippen molar-refractivity contribution in [2.45, 2.75) is 115 Å². The molecule has 5 rings (SSSR count). The fraction of sp³-hybridized carbons (Fsp3) is 0.786. The van der Waals surface area contributed by atoms with Crippen LogP contribution in [-0.2, 0) is 66.7 Å². The lowest BCUT2D eigenvalue weighted by Crippen LogP contribution is -2.65. The molecule has 14 nitrogen and oxygen atoms in total. The van der Waals surface area contributed by atoms with Crippen LogP contribution in [0.1, 0.15) is 61.8 Å². The lowest BCUT2D eigenvalue weighted by Gasteiger charge is -2.51. The van der Waals surface area contributed by atoms with Crippen molar-refractivity contribution >= 4 is 35.8 Å². The molecule has 14 heteroatoms. The van der Waals surface area contributed by atoms with E-state index in [0.717, 1.165) is 20.8 Å². The van der Waals surface area contributed by atoms with Gasteiger partial charge < -0.3 is 37.9 Å². The van der Waals surface area contributed by atoms with Crippen molar-refractivity contribution in [3.8, 4) is 0 Å². The molecule has 1 spiro atoms. The van der Waals surface area contributed by atoms with Crippen molar-refractivity contribution in [3.63, 3.8) is 0 Å². The van der Waals surface area contributed by atoms with E-state index < -0.39 is 113 Å². The normalized spacial score (nSPS) is 47.0. The van der Waals surface area contributed by atoms with Gasteiger partial charge in [-0.2, -0.15) is 0 Å². The molecule has 0 N–H and O–H groups in total. The van der Waals surface area contributed by atoms with Crippen LogP contribution in [0.25, 0.3) is 0 Å². The molecule has 0 amide bonds. The molecule has 0 bridgehead atoms. The minimum atomic E-state index is -1.65. The molecule has 232 valence electrons. The maximum absolute atomic E-state index is 13.4. The second-order valence-corrected chi connectivity index (χ2v) is 12.4. The average molecular weight is 597 g/mol. The van der Waals surface area contributed by atoms with Crippen molar-refractivity contribution in [2.75, 3.05) is 6.61 Å². The molecule has 42 heavy (non-hydrogen) atoms. The Labute approximate surface area is 241 Å². The van der Waals surface area contributed by atoms with Crippen molar-refractivity contribution in [1.82, 2.24) is 0 Å². The Morgan fingerprint density at radius 3 is 1.93 bits per heavy atom. The molecule has 0 aromatic heterocycles. The van der Waals surface area contributed by atoms with Crippen molar-refractivity contribution in [3.05, 3.63) is 0 Å². The van der Waals surface area contributed by atoms with E-state index in [9.17, 15) is 28.8 Å². The number of carbonyl (C=O) groups excluding carboxylic acids is 6. The highest BCUT2D eigenvalue weighted by molar-refractivity contribution is 5.89. The molecule has 1 saturated carbocycles. The molecule has 5 fully saturated rings. The molecule has 4 saturated heterocycles. The molecular weight excluding hydrogens is 560 g/mol. The van der Waals surface area contributed by atoms with Crippen molar-refractivity contribution in [1.29, 1.82) is 0 Å². The van der Waals surface area contributed by atoms with Gasteiger partial charge in [0, 0.05) is 40.0 Å². The second kappa shape index (κ2) is 9.63. The topological polar surface area (TPSA) is 183 Å². The number of cyclic esters (lactones) is 1. The van der Waals surface area contributed by atoms with E-state index in [1.165, 1.54) is 20.8 Å². The van der Waals surface area contributed by atoms with Crippen LogP contribution in [0.15, 0.2) is 0 Å². The molecule has 0 radical (unpaired) electrons. The quantitative estimate of drug-likeness (QED) is 0.249. The highest BCUT2D eigenvalue weighted by atomic mass is 16.8. The van der Waals surface area contributed by atoms with E-state index in [2.05, 4.69) is 0 Å². The zero-order chi connectivity index (χ0) is 31.2. The molecule has 4 aliphatic heterocycles. The van der Waals surface area contributed by atoms with Gasteiger partial charge in [-0.15, -0.1) is 0 Å². The number of hydrogen-bond acceptors (Lipinski definition) is 14. The van der Waals surface area contributed by atoms with Gasteiger partial charge in [-0.3, -0.25) is 24.0 Å². The Morgan fingerprint density at radius 1 is 0.810 bits per heavy atom. The molecule has 0 aromatic rings. The van der Waals surface area contributed by atoms with E-state index >= 15 is 0 Å². The summed E-state index contributed by atoms with van der Waals surface area (Å²) in [4.78, 5) is 77.0. The number of esters is 6. The van der Waals surface area contributed by atoms with Crippen LogP contribution in [-0.4, -0.2) is 95.8 Å². The van der Waals surface area contributed by atoms with Crippen molar-refractivity contribution in [2.24, 2.45) is 17.3 Å². The summed E-state index contributed by atoms with van der Waals surface area (Å²) in [6.07, 6.45) is -7.22. The van der Waals surface area contributed by atoms with E-state index in [-0.39, 0.29) is 6.42 Å². The summed E-state index contributed by atoms with van der Waals surface area (Å²) < 4.78 is 47.0. The zero-order valence-corrected chi connectivity index (χ0v) is 24.7. The largest absolute Gasteiger partial charge is 0.461 e. The smallest absolute Gasteiger partial charge is 0.342 e. The van der Waals surface area contributed by atoms with Gasteiger partial charge in [0.25, 0.3) is 0 Å². The SMILES string of the molecule is CC(=O)O[C@H]1C[C@@]2(C)O[C@H]2[C@@H]2OC(=O)[C@@]3(C)O[C@]23[C@@H](OC(C)=O)[C@H]2[C@@H](C)C(=O)OC[C@H](OC(C)=O)[C@]2(C)[C@H]1OC(C)=O. The molecule has 4 heterocycles. The first-order valence-electron chi connectivity index (χ1n) is 13.9. The average Bonchev–Trinajstić information content (AvgIpc) is 3.71. The molecule has 1 aliphatic carbocycles. The Kier molecular flexibility index (Phi) is 6.92. The van der Waals surface area contributed by atoms with Crippen LogP contribution >= 0.6 is 0 Å². The van der Waals surface area contributed by atoms with Crippen molar-refractivity contribution < 1.29 is 66.7 Å². The number of ether oxygens (including phenoxy) is 8. The summed E-state index contributed by atoms with van der Waals surface area (Å²) in [6.45, 7) is 10.5. The number of carbonyl (C=O) groups is 6. The van der Waals surface area contributed by atoms with E-state index in [4.69, 9.17) is 37.9 Å². The Balaban J connectivity index is 1.83. The zero-order valence-electron chi connectivity index (χ0n) is 24.7. The third kappa shape index (κ3) is 4.28. The molecule has 5 aliphatic rings. The lowest BCUT2D eigenvalue weighted by atomic mass is 9.57. The second-order valence-electron chi connectivity index (χ2n) is 12.4. The summed E-state index contributed by atoms with van der Waals surface area (Å²) >= 11 is 0. The van der Waals surface area contributed by atoms with Crippen LogP contribution < -0.4 is 0 Å². The van der Waals surface area contributed by atoms with E-state index in [0.29, 0.717) is 0 Å². The maximum atomic E-state index is 13.4. The molecule has 12 atom stereocenters. The van der Waals surface area contributed by atoms with Gasteiger partial charge >= 0.3 is 35.8 Å². The Hall–Kier alpha value is -3.26. The van der Waals surface area contributed by atoms with E-state index in [1.807, 2.05) is 0 Å². The summed E-state index contributed by atoms with van der Waals surface area (Å²) in [6, 6.07) is 0. The Bertz CT molecular complexity index is 1250. The fourth-order valence-corrected chi connectivity index (χ4v) is 7.64. The van der Waals surface area contributed by atoms with Crippen LogP contribution in [0.3, 0.4) is 0 Å². The summed E-state index contributed by atoms with van der Waals surface area (Å²) in [5.41, 5.74) is -5.93. The third-order valence-electron chi connectivity index (χ3n) is 9.56. The van der Waals surface area contributed by atoms with Gasteiger partial charge in [0.15, 0.2) is 17.3 Å². The first kappa shape index (κ1) is 30.2. The number of rotatable bonds is 4. The highest BCUT2D eigenvalue weighted by Gasteiger charge is 2.91. The van der Waals surface area contributed by atoms with Crippen LogP contribution in [0.5, 0.6) is 0 Å². The first-order valence-corrected chi connectivity index (χ1v) is 13.9. The standard InChI is InChI=1S/C28H36O14/c1-11-18-20(39-15(5)32)28-22(40-24(34)27(28,8)42-28)21-25(6,41-21)9-16(36-12(2)29)19(38-14(4)31)26(18,7)17(37-13(3)30)10-35-23(11)33/h11,16-22H,9-10H2,1-8H3/t11-,16+,17+,18-,19+,20+,21+,22+,25-,26+,27-,28-/m1/s1. The fourth-order valence-electron chi connectivity index (χ4n) is 7.64. The monoisotopic (exact) mass is 596 g/mol. The minimum absolute atomic E-state index is 0.0352. The van der Waals surface area contributed by atoms with Crippen LogP contribution in [0.2, 0.25) is 0 Å². The van der Waals surface area contributed by atoms with Gasteiger partial charge in [0.2, 0.25) is 0 Å². The lowest BCUT2D eigenvalue weighted by molar-refractivity contribution is -0.222. The minimum Gasteiger partial charge on any atom is -0.461 e. The Morgan fingerprint density at radius 2 is 1.38 bits per heavy atom. The summed E-state index contributed by atoms with van der Waals surface area (Å²) in [5.74, 6) is -6.72. The highest BCUT2D eigenvalue weighted by Crippen LogP contribution is 2.68. The summed E-state index contributed by atoms with van der Waals surface area (Å²) in [7, 11) is 0. The first-order chi connectivity index (χ1) is 19.4. The molecule has 0 unspecified atom stereocenters. The number of hydrogen-bond donors (Lipinski definition) is 0. The van der Waals surface area contributed by atoms with Gasteiger partial charge in [-0.1, -0.05) is 13.8 Å². The van der Waals surface area contributed by atoms with Gasteiger partial charge in [-0.25, -0.2) is 4.79 Å². The predicted octanol–water partition coefficient (Wildman–Crippen LogP) is 0.543. The van der Waals surface area contributed by atoms with Gasteiger partial charge in [0.1, 0.15) is 37.1 Å². The number of epoxide rings is 2. The maximum Gasteiger partial charge on any atom is 0.342 e. The van der Waals surface area contributed by atoms with Gasteiger partial charge in [0.05, 0.1) is 16.9 Å². The molecule has 0 aromatic carbocycles. The van der Waals surface area contributed by atoms with Crippen LogP contribution in [0, 0.1) is 17.3 Å². The predicted molar refractivity (Wildman–Crippen MR) is 134 cm³/mol. The number of fused-ring (bicyclic) bond motifs is 3. The molecular formula is C28H36O14.